The standard InChI is InChI=1S/C5H5FNO2P/c6-10(8,9)7-4-2-1-3-5-7/h1-5H/p+1. The Morgan fingerprint density at radius 2 is 1.80 bits per heavy atom. The second-order valence-corrected chi connectivity index (χ2v) is 3.14. The van der Waals surface area contributed by atoms with Crippen LogP contribution in [0.2, 0.25) is 0 Å². The Morgan fingerprint density at radius 1 is 1.30 bits per heavy atom. The third-order valence-corrected chi connectivity index (χ3v) is 1.82. The highest BCUT2D eigenvalue weighted by molar-refractivity contribution is 7.44. The molecule has 1 heterocycles. The smallest absolute Gasteiger partial charge is 0.267 e. The van der Waals surface area contributed by atoms with E-state index in [2.05, 4.69) is 0 Å². The normalized spacial score (nSPS) is 16.2. The predicted molar refractivity (Wildman–Crippen MR) is 33.0 cm³/mol. The van der Waals surface area contributed by atoms with Crippen LogP contribution < -0.4 is 4.34 Å². The first-order chi connectivity index (χ1) is 4.61. The molecule has 0 aromatic carbocycles. The van der Waals surface area contributed by atoms with Crippen LogP contribution in [0, 0.1) is 0 Å². The lowest BCUT2D eigenvalue weighted by atomic mass is 10.5. The highest BCUT2D eigenvalue weighted by Crippen LogP contribution is 2.34. The van der Waals surface area contributed by atoms with E-state index < -0.39 is 7.83 Å². The summed E-state index contributed by atoms with van der Waals surface area (Å²) < 4.78 is 23.1. The van der Waals surface area contributed by atoms with Crippen LogP contribution in [0.3, 0.4) is 0 Å². The number of halogens is 1. The van der Waals surface area contributed by atoms with E-state index in [0.717, 1.165) is 0 Å². The summed E-state index contributed by atoms with van der Waals surface area (Å²) in [6, 6.07) is 4.58. The van der Waals surface area contributed by atoms with Crippen molar-refractivity contribution >= 4 is 7.83 Å². The first-order valence-corrected chi connectivity index (χ1v) is 4.10. The fourth-order valence-corrected chi connectivity index (χ4v) is 1.04. The number of nitrogens with zero attached hydrogens (tertiary/aromatic N) is 1. The quantitative estimate of drug-likeness (QED) is 0.623. The molecule has 0 amide bonds. The fourth-order valence-electron chi connectivity index (χ4n) is 0.554. The lowest BCUT2D eigenvalue weighted by Gasteiger charge is -1.90. The maximum Gasteiger partial charge on any atom is 0.651 e. The maximum absolute atomic E-state index is 12.2. The summed E-state index contributed by atoms with van der Waals surface area (Å²) in [6.07, 6.45) is 2.39. The van der Waals surface area contributed by atoms with E-state index in [0.29, 0.717) is 4.34 Å². The zero-order valence-electron chi connectivity index (χ0n) is 5.01. The fraction of sp³-hybridized carbons (Fsp3) is 0. The molecule has 0 radical (unpaired) electrons. The van der Waals surface area contributed by atoms with Gasteiger partial charge in [0.2, 0.25) is 0 Å². The molecular weight excluding hydrogens is 156 g/mol. The number of hydrogen-bond donors (Lipinski definition) is 1. The SMILES string of the molecule is O=P(O)(F)[n+]1ccccc1. The van der Waals surface area contributed by atoms with Crippen molar-refractivity contribution in [3.05, 3.63) is 30.6 Å². The molecule has 54 valence electrons. The van der Waals surface area contributed by atoms with Crippen LogP contribution in [0.4, 0.5) is 4.20 Å². The van der Waals surface area contributed by atoms with Crippen LogP contribution in [-0.2, 0) is 4.57 Å². The molecule has 3 nitrogen and oxygen atoms in total. The second-order valence-electron chi connectivity index (χ2n) is 1.73. The molecule has 0 spiro atoms. The van der Waals surface area contributed by atoms with Gasteiger partial charge in [0.25, 0.3) is 0 Å². The summed E-state index contributed by atoms with van der Waals surface area (Å²) in [5.74, 6) is 0. The summed E-state index contributed by atoms with van der Waals surface area (Å²) >= 11 is 0. The molecule has 0 aliphatic carbocycles. The highest BCUT2D eigenvalue weighted by atomic mass is 31.2. The summed E-state index contributed by atoms with van der Waals surface area (Å²) in [6.45, 7) is 0. The van der Waals surface area contributed by atoms with Gasteiger partial charge in [-0.25, -0.2) is 0 Å². The molecule has 1 aromatic rings. The Bertz CT molecular complexity index is 258. The van der Waals surface area contributed by atoms with E-state index in [-0.39, 0.29) is 0 Å². The zero-order valence-corrected chi connectivity index (χ0v) is 5.91. The first kappa shape index (κ1) is 7.38. The minimum Gasteiger partial charge on any atom is -0.267 e. The van der Waals surface area contributed by atoms with Crippen LogP contribution in [0.5, 0.6) is 0 Å². The van der Waals surface area contributed by atoms with Gasteiger partial charge in [-0.1, -0.05) is 10.3 Å². The molecule has 1 atom stereocenters. The average Bonchev–Trinajstić information content (AvgIpc) is 1.88. The highest BCUT2D eigenvalue weighted by Gasteiger charge is 2.29. The van der Waals surface area contributed by atoms with E-state index in [4.69, 9.17) is 4.89 Å². The molecule has 0 saturated heterocycles. The summed E-state index contributed by atoms with van der Waals surface area (Å²) in [4.78, 5) is 8.34. The van der Waals surface area contributed by atoms with Crippen molar-refractivity contribution in [2.75, 3.05) is 0 Å². The number of aromatic nitrogens is 1. The summed E-state index contributed by atoms with van der Waals surface area (Å²) in [5, 5.41) is 0. The van der Waals surface area contributed by atoms with Gasteiger partial charge >= 0.3 is 7.83 Å². The molecule has 5 heteroatoms. The molecule has 1 N–H and O–H groups in total. The zero-order chi connectivity index (χ0) is 7.61. The average molecular weight is 162 g/mol. The number of pyridine rings is 1. The van der Waals surface area contributed by atoms with Gasteiger partial charge in [-0.15, -0.1) is 4.34 Å². The lowest BCUT2D eigenvalue weighted by Crippen LogP contribution is -2.26. The topological polar surface area (TPSA) is 41.2 Å². The molecule has 0 saturated carbocycles. The van der Waals surface area contributed by atoms with Gasteiger partial charge in [0, 0.05) is 12.1 Å². The Kier molecular flexibility index (Phi) is 1.83. The van der Waals surface area contributed by atoms with Crippen LogP contribution in [0.25, 0.3) is 0 Å². The van der Waals surface area contributed by atoms with Crippen LogP contribution in [0.15, 0.2) is 30.6 Å². The van der Waals surface area contributed by atoms with Gasteiger partial charge in [0.15, 0.2) is 12.4 Å². The van der Waals surface area contributed by atoms with Crippen molar-refractivity contribution < 1.29 is 18.0 Å². The summed E-state index contributed by atoms with van der Waals surface area (Å²) in [5.41, 5.74) is 0. The van der Waals surface area contributed by atoms with E-state index >= 15 is 0 Å². The molecule has 1 rings (SSSR count). The van der Waals surface area contributed by atoms with Crippen molar-refractivity contribution in [3.8, 4) is 0 Å². The van der Waals surface area contributed by atoms with Crippen molar-refractivity contribution in [3.63, 3.8) is 0 Å². The van der Waals surface area contributed by atoms with E-state index in [1.807, 2.05) is 0 Å². The van der Waals surface area contributed by atoms with Gasteiger partial charge in [0.05, 0.1) is 0 Å². The number of rotatable bonds is 1. The van der Waals surface area contributed by atoms with Crippen LogP contribution in [-0.4, -0.2) is 4.89 Å². The molecule has 1 aromatic heterocycles. The van der Waals surface area contributed by atoms with Crippen molar-refractivity contribution in [1.82, 2.24) is 0 Å². The molecule has 0 bridgehead atoms. The van der Waals surface area contributed by atoms with Crippen molar-refractivity contribution in [1.29, 1.82) is 0 Å². The largest absolute Gasteiger partial charge is 0.651 e. The third-order valence-electron chi connectivity index (χ3n) is 0.985. The molecule has 0 aliphatic rings. The molecule has 10 heavy (non-hydrogen) atoms. The third kappa shape index (κ3) is 1.62. The summed E-state index contributed by atoms with van der Waals surface area (Å²) in [7, 11) is -4.60. The minimum atomic E-state index is -4.60. The Labute approximate surface area is 57.4 Å². The molecular formula is C5H6FNO2P+. The first-order valence-electron chi connectivity index (χ1n) is 2.60. The van der Waals surface area contributed by atoms with E-state index in [1.54, 1.807) is 6.07 Å². The molecule has 0 aliphatic heterocycles. The second kappa shape index (κ2) is 2.48. The van der Waals surface area contributed by atoms with Gasteiger partial charge in [-0.05, 0) is 0 Å². The van der Waals surface area contributed by atoms with Gasteiger partial charge in [0.1, 0.15) is 0 Å². The predicted octanol–water partition coefficient (Wildman–Crippen LogP) is 0.892. The minimum absolute atomic E-state index is 0.632. The Hall–Kier alpha value is -0.730. The van der Waals surface area contributed by atoms with Crippen molar-refractivity contribution in [2.24, 2.45) is 0 Å². The Morgan fingerprint density at radius 3 is 2.10 bits per heavy atom. The Balaban J connectivity index is 3.09. The molecule has 1 unspecified atom stereocenters. The monoisotopic (exact) mass is 162 g/mol. The van der Waals surface area contributed by atoms with Crippen LogP contribution in [0.1, 0.15) is 0 Å². The van der Waals surface area contributed by atoms with E-state index in [1.165, 1.54) is 24.5 Å². The molecule has 0 fully saturated rings. The van der Waals surface area contributed by atoms with Gasteiger partial charge in [-0.3, -0.25) is 4.89 Å². The lowest BCUT2D eigenvalue weighted by molar-refractivity contribution is -0.535. The van der Waals surface area contributed by atoms with Crippen LogP contribution >= 0.6 is 7.83 Å². The van der Waals surface area contributed by atoms with Crippen molar-refractivity contribution in [2.45, 2.75) is 0 Å². The van der Waals surface area contributed by atoms with Gasteiger partial charge < -0.3 is 0 Å². The number of hydrogen-bond acceptors (Lipinski definition) is 1. The maximum atomic E-state index is 12.2. The van der Waals surface area contributed by atoms with E-state index in [9.17, 15) is 8.76 Å². The van der Waals surface area contributed by atoms with Gasteiger partial charge in [-0.2, -0.15) is 4.57 Å².